The lowest BCUT2D eigenvalue weighted by Gasteiger charge is -2.22. The summed E-state index contributed by atoms with van der Waals surface area (Å²) in [5, 5.41) is 11.5. The molecule has 0 saturated carbocycles. The first-order chi connectivity index (χ1) is 11.5. The van der Waals surface area contributed by atoms with Crippen molar-refractivity contribution < 1.29 is 4.74 Å². The topological polar surface area (TPSA) is 67.6 Å². The van der Waals surface area contributed by atoms with Crippen molar-refractivity contribution in [1.29, 1.82) is 0 Å². The molecule has 0 radical (unpaired) electrons. The fourth-order valence-corrected chi connectivity index (χ4v) is 2.28. The highest BCUT2D eigenvalue weighted by Crippen LogP contribution is 2.12. The minimum atomic E-state index is 0.493. The van der Waals surface area contributed by atoms with Gasteiger partial charge in [0.05, 0.1) is 7.11 Å². The molecule has 1 aromatic carbocycles. The molecule has 2 rings (SSSR count). The number of nitrogens with zero attached hydrogens (tertiary/aromatic N) is 5. The van der Waals surface area contributed by atoms with Crippen molar-refractivity contribution in [3.8, 4) is 5.75 Å². The summed E-state index contributed by atoms with van der Waals surface area (Å²) < 4.78 is 7.15. The summed E-state index contributed by atoms with van der Waals surface area (Å²) in [7, 11) is 5.65. The molecule has 7 nitrogen and oxygen atoms in total. The molecule has 0 aliphatic heterocycles. The number of aryl methyl sites for hydroxylation is 1. The second kappa shape index (κ2) is 8.33. The van der Waals surface area contributed by atoms with Gasteiger partial charge in [-0.25, -0.2) is 4.99 Å². The lowest BCUT2D eigenvalue weighted by atomic mass is 10.2. The van der Waals surface area contributed by atoms with E-state index in [1.807, 2.05) is 37.7 Å². The zero-order valence-electron chi connectivity index (χ0n) is 15.1. The van der Waals surface area contributed by atoms with Crippen LogP contribution in [0.4, 0.5) is 0 Å². The Morgan fingerprint density at radius 2 is 2.00 bits per heavy atom. The monoisotopic (exact) mass is 330 g/mol. The molecule has 0 spiro atoms. The summed E-state index contributed by atoms with van der Waals surface area (Å²) in [6.45, 7) is 6.05. The van der Waals surface area contributed by atoms with E-state index < -0.39 is 0 Å². The van der Waals surface area contributed by atoms with E-state index in [-0.39, 0.29) is 0 Å². The predicted molar refractivity (Wildman–Crippen MR) is 95.0 cm³/mol. The fraction of sp³-hybridized carbons (Fsp3) is 0.471. The Morgan fingerprint density at radius 1 is 1.29 bits per heavy atom. The molecule has 1 aromatic heterocycles. The SMILES string of the molecule is CCNC(=NCc1nnc(C)n1C)N(C)Cc1ccc(OC)cc1. The van der Waals surface area contributed by atoms with Crippen LogP contribution in [-0.4, -0.2) is 46.3 Å². The molecule has 24 heavy (non-hydrogen) atoms. The average Bonchev–Trinajstić information content (AvgIpc) is 2.91. The number of aliphatic imine (C=N–C) groups is 1. The number of ether oxygens (including phenoxy) is 1. The number of hydrogen-bond donors (Lipinski definition) is 1. The maximum Gasteiger partial charge on any atom is 0.194 e. The Bertz CT molecular complexity index is 677. The molecule has 0 aliphatic rings. The van der Waals surface area contributed by atoms with Gasteiger partial charge in [-0.3, -0.25) is 0 Å². The maximum atomic E-state index is 5.20. The van der Waals surface area contributed by atoms with Crippen molar-refractivity contribution in [2.45, 2.75) is 26.9 Å². The molecule has 2 aromatic rings. The van der Waals surface area contributed by atoms with E-state index in [2.05, 4.69) is 44.5 Å². The Hall–Kier alpha value is -2.57. The van der Waals surface area contributed by atoms with Gasteiger partial charge < -0.3 is 19.5 Å². The summed E-state index contributed by atoms with van der Waals surface area (Å²) in [5.74, 6) is 3.44. The summed E-state index contributed by atoms with van der Waals surface area (Å²) >= 11 is 0. The molecular formula is C17H26N6O. The first-order valence-corrected chi connectivity index (χ1v) is 8.02. The molecular weight excluding hydrogens is 304 g/mol. The second-order valence-electron chi connectivity index (χ2n) is 5.60. The van der Waals surface area contributed by atoms with Crippen LogP contribution >= 0.6 is 0 Å². The molecule has 0 unspecified atom stereocenters. The molecule has 1 heterocycles. The van der Waals surface area contributed by atoms with Gasteiger partial charge >= 0.3 is 0 Å². The molecule has 0 aliphatic carbocycles. The Morgan fingerprint density at radius 3 is 2.54 bits per heavy atom. The normalized spacial score (nSPS) is 11.5. The number of nitrogens with one attached hydrogen (secondary N) is 1. The first kappa shape index (κ1) is 17.8. The molecule has 130 valence electrons. The predicted octanol–water partition coefficient (Wildman–Crippen LogP) is 1.73. The summed E-state index contributed by atoms with van der Waals surface area (Å²) in [6.07, 6.45) is 0. The summed E-state index contributed by atoms with van der Waals surface area (Å²) in [4.78, 5) is 6.76. The van der Waals surface area contributed by atoms with Crippen LogP contribution in [0.25, 0.3) is 0 Å². The Labute approximate surface area is 143 Å². The second-order valence-corrected chi connectivity index (χ2v) is 5.60. The Balaban J connectivity index is 2.07. The summed E-state index contributed by atoms with van der Waals surface area (Å²) in [5.41, 5.74) is 1.19. The highest BCUT2D eigenvalue weighted by Gasteiger charge is 2.09. The van der Waals surface area contributed by atoms with Crippen LogP contribution in [-0.2, 0) is 20.1 Å². The third kappa shape index (κ3) is 4.47. The number of guanidine groups is 1. The van der Waals surface area contributed by atoms with E-state index >= 15 is 0 Å². The number of rotatable bonds is 6. The standard InChI is InChI=1S/C17H26N6O/c1-6-18-17(19-11-16-21-20-13(2)23(16)4)22(3)12-14-7-9-15(24-5)10-8-14/h7-10H,6,11-12H2,1-5H3,(H,18,19). The van der Waals surface area contributed by atoms with Crippen LogP contribution in [0.5, 0.6) is 5.75 Å². The minimum absolute atomic E-state index is 0.493. The van der Waals surface area contributed by atoms with Crippen molar-refractivity contribution in [3.05, 3.63) is 41.5 Å². The number of benzene rings is 1. The van der Waals surface area contributed by atoms with E-state index in [1.165, 1.54) is 5.56 Å². The van der Waals surface area contributed by atoms with E-state index in [4.69, 9.17) is 4.74 Å². The average molecular weight is 330 g/mol. The molecule has 7 heteroatoms. The highest BCUT2D eigenvalue weighted by molar-refractivity contribution is 5.79. The Kier molecular flexibility index (Phi) is 6.17. The van der Waals surface area contributed by atoms with Crippen molar-refractivity contribution in [2.24, 2.45) is 12.0 Å². The number of aromatic nitrogens is 3. The molecule has 1 N–H and O–H groups in total. The molecule has 0 atom stereocenters. The third-order valence-corrected chi connectivity index (χ3v) is 3.83. The van der Waals surface area contributed by atoms with Crippen LogP contribution in [0.3, 0.4) is 0 Å². The van der Waals surface area contributed by atoms with Gasteiger partial charge in [-0.05, 0) is 31.5 Å². The maximum absolute atomic E-state index is 5.20. The van der Waals surface area contributed by atoms with Gasteiger partial charge in [0.15, 0.2) is 11.8 Å². The van der Waals surface area contributed by atoms with E-state index in [9.17, 15) is 0 Å². The van der Waals surface area contributed by atoms with Gasteiger partial charge in [0.25, 0.3) is 0 Å². The van der Waals surface area contributed by atoms with Gasteiger partial charge in [-0.15, -0.1) is 10.2 Å². The van der Waals surface area contributed by atoms with Crippen LogP contribution in [0.1, 0.15) is 24.1 Å². The van der Waals surface area contributed by atoms with Crippen molar-refractivity contribution in [2.75, 3.05) is 20.7 Å². The molecule has 0 fully saturated rings. The van der Waals surface area contributed by atoms with Crippen molar-refractivity contribution >= 4 is 5.96 Å². The van der Waals surface area contributed by atoms with Gasteiger partial charge in [-0.2, -0.15) is 0 Å². The minimum Gasteiger partial charge on any atom is -0.497 e. The van der Waals surface area contributed by atoms with E-state index in [0.29, 0.717) is 6.54 Å². The van der Waals surface area contributed by atoms with Gasteiger partial charge in [-0.1, -0.05) is 12.1 Å². The molecule has 0 amide bonds. The van der Waals surface area contributed by atoms with Crippen molar-refractivity contribution in [1.82, 2.24) is 25.0 Å². The van der Waals surface area contributed by atoms with Crippen molar-refractivity contribution in [3.63, 3.8) is 0 Å². The zero-order chi connectivity index (χ0) is 17.5. The van der Waals surface area contributed by atoms with Crippen LogP contribution in [0.2, 0.25) is 0 Å². The first-order valence-electron chi connectivity index (χ1n) is 8.02. The quantitative estimate of drug-likeness (QED) is 0.645. The van der Waals surface area contributed by atoms with Crippen LogP contribution in [0, 0.1) is 6.92 Å². The smallest absolute Gasteiger partial charge is 0.194 e. The van der Waals surface area contributed by atoms with Crippen LogP contribution < -0.4 is 10.1 Å². The number of hydrogen-bond acceptors (Lipinski definition) is 4. The molecule has 0 saturated heterocycles. The lowest BCUT2D eigenvalue weighted by Crippen LogP contribution is -2.38. The third-order valence-electron chi connectivity index (χ3n) is 3.83. The van der Waals surface area contributed by atoms with Gasteiger partial charge in [0.1, 0.15) is 18.1 Å². The van der Waals surface area contributed by atoms with E-state index in [0.717, 1.165) is 36.4 Å². The highest BCUT2D eigenvalue weighted by atomic mass is 16.5. The molecule has 0 bridgehead atoms. The van der Waals surface area contributed by atoms with E-state index in [1.54, 1.807) is 7.11 Å². The van der Waals surface area contributed by atoms with Crippen LogP contribution in [0.15, 0.2) is 29.3 Å². The fourth-order valence-electron chi connectivity index (χ4n) is 2.28. The lowest BCUT2D eigenvalue weighted by molar-refractivity contribution is 0.414. The number of methoxy groups -OCH3 is 1. The van der Waals surface area contributed by atoms with Gasteiger partial charge in [0, 0.05) is 27.2 Å². The van der Waals surface area contributed by atoms with Gasteiger partial charge in [0.2, 0.25) is 0 Å². The summed E-state index contributed by atoms with van der Waals surface area (Å²) in [6, 6.07) is 8.06. The zero-order valence-corrected chi connectivity index (χ0v) is 15.1. The largest absolute Gasteiger partial charge is 0.497 e.